The van der Waals surface area contributed by atoms with Crippen molar-refractivity contribution >= 4 is 17.1 Å². The average Bonchev–Trinajstić information content (AvgIpc) is 3.08. The first-order valence-corrected chi connectivity index (χ1v) is 7.63. The van der Waals surface area contributed by atoms with Gasteiger partial charge in [-0.25, -0.2) is 9.67 Å². The fraction of sp³-hybridized carbons (Fsp3) is 0.500. The van der Waals surface area contributed by atoms with Crippen LogP contribution in [0.5, 0.6) is 0 Å². The average molecular weight is 275 g/mol. The normalized spacial score (nSPS) is 16.7. The van der Waals surface area contributed by atoms with E-state index in [1.165, 1.54) is 43.4 Å². The zero-order valence-corrected chi connectivity index (χ0v) is 11.8. The number of Topliss-reactive ketones (excluding diaryl/α,β-unsaturated/α-hetero) is 1. The molecule has 0 radical (unpaired) electrons. The predicted octanol–water partition coefficient (Wildman–Crippen LogP) is 3.71. The Kier molecular flexibility index (Phi) is 3.46. The Hall–Kier alpha value is -1.49. The van der Waals surface area contributed by atoms with Gasteiger partial charge in [0.1, 0.15) is 6.33 Å². The number of aromatic nitrogens is 3. The first kappa shape index (κ1) is 12.5. The molecule has 0 N–H and O–H groups in total. The Morgan fingerprint density at radius 2 is 2.16 bits per heavy atom. The SMILES string of the molecule is CC(=O)c1cc(-c2ncnn2C2CCCCC2)cs1. The summed E-state index contributed by atoms with van der Waals surface area (Å²) in [7, 11) is 0. The van der Waals surface area contributed by atoms with Crippen LogP contribution in [0, 0.1) is 0 Å². The molecule has 1 aliphatic carbocycles. The zero-order chi connectivity index (χ0) is 13.2. The second kappa shape index (κ2) is 5.25. The van der Waals surface area contributed by atoms with E-state index >= 15 is 0 Å². The number of nitrogens with zero attached hydrogens (tertiary/aromatic N) is 3. The molecule has 3 rings (SSSR count). The minimum atomic E-state index is 0.111. The highest BCUT2D eigenvalue weighted by Crippen LogP contribution is 2.32. The fourth-order valence-corrected chi connectivity index (χ4v) is 3.48. The van der Waals surface area contributed by atoms with Crippen molar-refractivity contribution in [1.82, 2.24) is 14.8 Å². The van der Waals surface area contributed by atoms with Crippen LogP contribution < -0.4 is 0 Å². The van der Waals surface area contributed by atoms with E-state index < -0.39 is 0 Å². The number of carbonyl (C=O) groups excluding carboxylic acids is 1. The van der Waals surface area contributed by atoms with Crippen molar-refractivity contribution in [3.05, 3.63) is 22.7 Å². The lowest BCUT2D eigenvalue weighted by Crippen LogP contribution is -2.15. The van der Waals surface area contributed by atoms with Crippen LogP contribution in [0.3, 0.4) is 0 Å². The molecule has 2 aromatic heterocycles. The van der Waals surface area contributed by atoms with Gasteiger partial charge in [-0.15, -0.1) is 11.3 Å². The van der Waals surface area contributed by atoms with Crippen molar-refractivity contribution in [2.45, 2.75) is 45.1 Å². The lowest BCUT2D eigenvalue weighted by Gasteiger charge is -2.22. The van der Waals surface area contributed by atoms with Crippen LogP contribution in [0.1, 0.15) is 54.7 Å². The number of carbonyl (C=O) groups is 1. The number of hydrogen-bond acceptors (Lipinski definition) is 4. The molecule has 1 fully saturated rings. The molecule has 0 atom stereocenters. The van der Waals surface area contributed by atoms with Crippen molar-refractivity contribution < 1.29 is 4.79 Å². The van der Waals surface area contributed by atoms with Crippen LogP contribution in [-0.4, -0.2) is 20.5 Å². The van der Waals surface area contributed by atoms with Crippen LogP contribution in [0.4, 0.5) is 0 Å². The lowest BCUT2D eigenvalue weighted by molar-refractivity contribution is 0.102. The molecule has 0 saturated heterocycles. The number of rotatable bonds is 3. The smallest absolute Gasteiger partial charge is 0.169 e. The molecule has 4 nitrogen and oxygen atoms in total. The van der Waals surface area contributed by atoms with E-state index in [0.29, 0.717) is 6.04 Å². The van der Waals surface area contributed by atoms with Crippen LogP contribution in [-0.2, 0) is 0 Å². The highest BCUT2D eigenvalue weighted by atomic mass is 32.1. The largest absolute Gasteiger partial charge is 0.294 e. The molecular formula is C14H17N3OS. The van der Waals surface area contributed by atoms with Crippen LogP contribution in [0.2, 0.25) is 0 Å². The van der Waals surface area contributed by atoms with E-state index in [-0.39, 0.29) is 5.78 Å². The summed E-state index contributed by atoms with van der Waals surface area (Å²) < 4.78 is 2.05. The van der Waals surface area contributed by atoms with Crippen molar-refractivity contribution in [3.63, 3.8) is 0 Å². The van der Waals surface area contributed by atoms with Gasteiger partial charge in [0.05, 0.1) is 10.9 Å². The molecule has 0 amide bonds. The second-order valence-corrected chi connectivity index (χ2v) is 5.99. The summed E-state index contributed by atoms with van der Waals surface area (Å²) in [5, 5.41) is 6.40. The van der Waals surface area contributed by atoms with E-state index in [1.54, 1.807) is 13.3 Å². The van der Waals surface area contributed by atoms with Gasteiger partial charge in [0.25, 0.3) is 0 Å². The molecule has 0 bridgehead atoms. The molecule has 0 aliphatic heterocycles. The Morgan fingerprint density at radius 1 is 1.37 bits per heavy atom. The first-order valence-electron chi connectivity index (χ1n) is 6.75. The molecule has 1 aliphatic rings. The van der Waals surface area contributed by atoms with Gasteiger partial charge in [-0.3, -0.25) is 4.79 Å². The summed E-state index contributed by atoms with van der Waals surface area (Å²) >= 11 is 1.48. The molecule has 19 heavy (non-hydrogen) atoms. The van der Waals surface area contributed by atoms with Gasteiger partial charge < -0.3 is 0 Å². The standard InChI is InChI=1S/C14H17N3OS/c1-10(18)13-7-11(8-19-13)14-15-9-16-17(14)12-5-3-2-4-6-12/h7-9,12H,2-6H2,1H3. The van der Waals surface area contributed by atoms with Crippen LogP contribution in [0.15, 0.2) is 17.8 Å². The third-order valence-corrected chi connectivity index (χ3v) is 4.73. The first-order chi connectivity index (χ1) is 9.25. The second-order valence-electron chi connectivity index (χ2n) is 5.08. The summed E-state index contributed by atoms with van der Waals surface area (Å²) in [6, 6.07) is 2.39. The Bertz CT molecular complexity index is 581. The monoisotopic (exact) mass is 275 g/mol. The Balaban J connectivity index is 1.91. The van der Waals surface area contributed by atoms with Gasteiger partial charge >= 0.3 is 0 Å². The zero-order valence-electron chi connectivity index (χ0n) is 11.0. The predicted molar refractivity (Wildman–Crippen MR) is 75.5 cm³/mol. The van der Waals surface area contributed by atoms with Gasteiger partial charge in [-0.1, -0.05) is 19.3 Å². The molecule has 0 aromatic carbocycles. The summed E-state index contributed by atoms with van der Waals surface area (Å²) in [6.07, 6.45) is 7.85. The molecule has 5 heteroatoms. The fourth-order valence-electron chi connectivity index (χ4n) is 2.69. The van der Waals surface area contributed by atoms with E-state index in [4.69, 9.17) is 0 Å². The summed E-state index contributed by atoms with van der Waals surface area (Å²) in [6.45, 7) is 1.60. The summed E-state index contributed by atoms with van der Waals surface area (Å²) in [5.74, 6) is 1.01. The molecule has 100 valence electrons. The molecule has 1 saturated carbocycles. The summed E-state index contributed by atoms with van der Waals surface area (Å²) in [5.41, 5.74) is 1.01. The number of thiophene rings is 1. The molecule has 0 spiro atoms. The van der Waals surface area contributed by atoms with Gasteiger partial charge in [0.15, 0.2) is 11.6 Å². The van der Waals surface area contributed by atoms with E-state index in [9.17, 15) is 4.79 Å². The van der Waals surface area contributed by atoms with Crippen molar-refractivity contribution in [2.24, 2.45) is 0 Å². The van der Waals surface area contributed by atoms with Crippen molar-refractivity contribution in [1.29, 1.82) is 0 Å². The highest BCUT2D eigenvalue weighted by Gasteiger charge is 2.20. The van der Waals surface area contributed by atoms with Gasteiger partial charge in [0, 0.05) is 10.9 Å². The summed E-state index contributed by atoms with van der Waals surface area (Å²) in [4.78, 5) is 16.5. The van der Waals surface area contributed by atoms with Crippen molar-refractivity contribution in [3.8, 4) is 11.4 Å². The van der Waals surface area contributed by atoms with Gasteiger partial charge in [0.2, 0.25) is 0 Å². The minimum absolute atomic E-state index is 0.111. The van der Waals surface area contributed by atoms with Crippen LogP contribution >= 0.6 is 11.3 Å². The molecule has 2 heterocycles. The molecule has 2 aromatic rings. The maximum Gasteiger partial charge on any atom is 0.169 e. The van der Waals surface area contributed by atoms with Gasteiger partial charge in [-0.05, 0) is 25.8 Å². The Labute approximate surface area is 116 Å². The van der Waals surface area contributed by atoms with Crippen molar-refractivity contribution in [2.75, 3.05) is 0 Å². The molecule has 0 unspecified atom stereocenters. The van der Waals surface area contributed by atoms with E-state index in [2.05, 4.69) is 10.1 Å². The van der Waals surface area contributed by atoms with E-state index in [0.717, 1.165) is 16.3 Å². The van der Waals surface area contributed by atoms with Gasteiger partial charge in [-0.2, -0.15) is 5.10 Å². The van der Waals surface area contributed by atoms with Crippen LogP contribution in [0.25, 0.3) is 11.4 Å². The number of ketones is 1. The molecular weight excluding hydrogens is 258 g/mol. The minimum Gasteiger partial charge on any atom is -0.294 e. The van der Waals surface area contributed by atoms with E-state index in [1.807, 2.05) is 16.1 Å². The number of hydrogen-bond donors (Lipinski definition) is 0. The third-order valence-electron chi connectivity index (χ3n) is 3.70. The topological polar surface area (TPSA) is 47.8 Å². The maximum atomic E-state index is 11.4. The maximum absolute atomic E-state index is 11.4. The quantitative estimate of drug-likeness (QED) is 0.802. The Morgan fingerprint density at radius 3 is 2.84 bits per heavy atom. The highest BCUT2D eigenvalue weighted by molar-refractivity contribution is 7.12. The lowest BCUT2D eigenvalue weighted by atomic mass is 9.95. The third kappa shape index (κ3) is 2.47.